The number of benzene rings is 1. The van der Waals surface area contributed by atoms with Crippen LogP contribution >= 0.6 is 11.6 Å². The number of ether oxygens (including phenoxy) is 1. The fourth-order valence-corrected chi connectivity index (χ4v) is 3.70. The van der Waals surface area contributed by atoms with Crippen molar-refractivity contribution in [1.82, 2.24) is 5.43 Å². The van der Waals surface area contributed by atoms with Gasteiger partial charge < -0.3 is 4.74 Å². The fourth-order valence-electron chi connectivity index (χ4n) is 3.50. The fraction of sp³-hybridized carbons (Fsp3) is 0.647. The molecule has 2 rings (SSSR count). The van der Waals surface area contributed by atoms with Crippen molar-refractivity contribution >= 4 is 11.6 Å². The lowest BCUT2D eigenvalue weighted by Crippen LogP contribution is -2.43. The zero-order valence-electron chi connectivity index (χ0n) is 13.1. The van der Waals surface area contributed by atoms with Gasteiger partial charge in [0.1, 0.15) is 5.75 Å². The molecule has 1 aromatic rings. The first-order valence-electron chi connectivity index (χ1n) is 7.96. The highest BCUT2D eigenvalue weighted by atomic mass is 35.5. The van der Waals surface area contributed by atoms with E-state index in [1.54, 1.807) is 7.11 Å². The third kappa shape index (κ3) is 4.35. The zero-order valence-corrected chi connectivity index (χ0v) is 13.8. The van der Waals surface area contributed by atoms with Gasteiger partial charge in [0, 0.05) is 11.1 Å². The number of hydrogen-bond donors (Lipinski definition) is 2. The molecule has 1 unspecified atom stereocenters. The summed E-state index contributed by atoms with van der Waals surface area (Å²) in [5, 5.41) is 0.747. The normalized spacial score (nSPS) is 23.8. The van der Waals surface area contributed by atoms with Gasteiger partial charge in [-0.05, 0) is 54.9 Å². The average Bonchev–Trinajstić information content (AvgIpc) is 2.53. The van der Waals surface area contributed by atoms with E-state index in [0.29, 0.717) is 5.92 Å². The first kappa shape index (κ1) is 16.6. The van der Waals surface area contributed by atoms with Crippen LogP contribution in [0, 0.1) is 11.8 Å². The molecular formula is C17H27ClN2O. The van der Waals surface area contributed by atoms with E-state index in [-0.39, 0.29) is 6.04 Å². The maximum Gasteiger partial charge on any atom is 0.122 e. The lowest BCUT2D eigenvalue weighted by Gasteiger charge is -2.33. The van der Waals surface area contributed by atoms with Crippen LogP contribution in [0.15, 0.2) is 18.2 Å². The number of nitrogens with two attached hydrogens (primary N) is 1. The van der Waals surface area contributed by atoms with Gasteiger partial charge in [0.2, 0.25) is 0 Å². The number of rotatable bonds is 6. The first-order valence-corrected chi connectivity index (χ1v) is 8.34. The predicted molar refractivity (Wildman–Crippen MR) is 88.6 cm³/mol. The van der Waals surface area contributed by atoms with Crippen LogP contribution in [0.2, 0.25) is 5.02 Å². The molecule has 0 aromatic heterocycles. The lowest BCUT2D eigenvalue weighted by molar-refractivity contribution is 0.216. The van der Waals surface area contributed by atoms with E-state index in [1.165, 1.54) is 32.1 Å². The van der Waals surface area contributed by atoms with Gasteiger partial charge in [-0.25, -0.2) is 0 Å². The number of nitrogens with one attached hydrogen (secondary N) is 1. The number of hydrazine groups is 1. The third-order valence-corrected chi connectivity index (χ3v) is 5.17. The summed E-state index contributed by atoms with van der Waals surface area (Å²) in [6, 6.07) is 6.07. The van der Waals surface area contributed by atoms with Crippen molar-refractivity contribution in [1.29, 1.82) is 0 Å². The molecule has 118 valence electrons. The SMILES string of the molecule is CCC1CCC(C(Cc2cc(Cl)ccc2OC)NN)CC1. The van der Waals surface area contributed by atoms with Gasteiger partial charge in [0.15, 0.2) is 0 Å². The summed E-state index contributed by atoms with van der Waals surface area (Å²) in [4.78, 5) is 0. The minimum Gasteiger partial charge on any atom is -0.496 e. The second kappa shape index (κ2) is 8.02. The quantitative estimate of drug-likeness (QED) is 0.618. The van der Waals surface area contributed by atoms with E-state index in [0.717, 1.165) is 28.7 Å². The Kier molecular flexibility index (Phi) is 6.34. The summed E-state index contributed by atoms with van der Waals surface area (Å²) in [5.41, 5.74) is 4.16. The number of hydrogen-bond acceptors (Lipinski definition) is 3. The Bertz CT molecular complexity index is 444. The van der Waals surface area contributed by atoms with Crippen LogP contribution in [0.1, 0.15) is 44.6 Å². The molecule has 0 amide bonds. The maximum absolute atomic E-state index is 6.12. The molecule has 1 aliphatic rings. The minimum absolute atomic E-state index is 0.287. The van der Waals surface area contributed by atoms with Crippen molar-refractivity contribution in [2.24, 2.45) is 17.7 Å². The lowest BCUT2D eigenvalue weighted by atomic mass is 9.76. The summed E-state index contributed by atoms with van der Waals surface area (Å²) in [6.07, 6.45) is 7.34. The predicted octanol–water partition coefficient (Wildman–Crippen LogP) is 3.94. The molecule has 0 radical (unpaired) electrons. The van der Waals surface area contributed by atoms with Crippen molar-refractivity contribution in [2.75, 3.05) is 7.11 Å². The van der Waals surface area contributed by atoms with Crippen LogP contribution in [0.3, 0.4) is 0 Å². The van der Waals surface area contributed by atoms with Gasteiger partial charge in [-0.1, -0.05) is 37.8 Å². The van der Waals surface area contributed by atoms with E-state index >= 15 is 0 Å². The van der Waals surface area contributed by atoms with E-state index in [4.69, 9.17) is 22.2 Å². The Hall–Kier alpha value is -0.770. The van der Waals surface area contributed by atoms with Crippen LogP contribution in [0.4, 0.5) is 0 Å². The number of halogens is 1. The van der Waals surface area contributed by atoms with Gasteiger partial charge in [0.05, 0.1) is 7.11 Å². The van der Waals surface area contributed by atoms with Gasteiger partial charge in [-0.15, -0.1) is 0 Å². The molecule has 1 aromatic carbocycles. The average molecular weight is 311 g/mol. The molecule has 0 aliphatic heterocycles. The highest BCUT2D eigenvalue weighted by Crippen LogP contribution is 2.34. The Morgan fingerprint density at radius 1 is 1.33 bits per heavy atom. The highest BCUT2D eigenvalue weighted by Gasteiger charge is 2.27. The standard InChI is InChI=1S/C17H27ClN2O/c1-3-12-4-6-13(7-5-12)16(20-19)11-14-10-15(18)8-9-17(14)21-2/h8-10,12-13,16,20H,3-7,11,19H2,1-2H3. The van der Waals surface area contributed by atoms with Gasteiger partial charge in [0.25, 0.3) is 0 Å². The molecule has 4 heteroatoms. The second-order valence-electron chi connectivity index (χ2n) is 6.12. The Morgan fingerprint density at radius 3 is 2.62 bits per heavy atom. The van der Waals surface area contributed by atoms with Crippen LogP contribution < -0.4 is 16.0 Å². The summed E-state index contributed by atoms with van der Waals surface area (Å²) >= 11 is 6.12. The van der Waals surface area contributed by atoms with Gasteiger partial charge >= 0.3 is 0 Å². The van der Waals surface area contributed by atoms with Crippen LogP contribution in [0.25, 0.3) is 0 Å². The van der Waals surface area contributed by atoms with E-state index < -0.39 is 0 Å². The van der Waals surface area contributed by atoms with Crippen molar-refractivity contribution < 1.29 is 4.74 Å². The van der Waals surface area contributed by atoms with Crippen molar-refractivity contribution in [2.45, 2.75) is 51.5 Å². The molecule has 3 N–H and O–H groups in total. The first-order chi connectivity index (χ1) is 10.2. The van der Waals surface area contributed by atoms with Gasteiger partial charge in [-0.3, -0.25) is 11.3 Å². The largest absolute Gasteiger partial charge is 0.496 e. The van der Waals surface area contributed by atoms with E-state index in [1.807, 2.05) is 18.2 Å². The molecular weight excluding hydrogens is 284 g/mol. The maximum atomic E-state index is 6.12. The molecule has 21 heavy (non-hydrogen) atoms. The topological polar surface area (TPSA) is 47.3 Å². The molecule has 1 aliphatic carbocycles. The Morgan fingerprint density at radius 2 is 2.05 bits per heavy atom. The Balaban J connectivity index is 2.04. The van der Waals surface area contributed by atoms with Crippen molar-refractivity contribution in [3.63, 3.8) is 0 Å². The molecule has 0 spiro atoms. The smallest absolute Gasteiger partial charge is 0.122 e. The van der Waals surface area contributed by atoms with E-state index in [2.05, 4.69) is 12.3 Å². The minimum atomic E-state index is 0.287. The molecule has 0 bridgehead atoms. The monoisotopic (exact) mass is 310 g/mol. The van der Waals surface area contributed by atoms with Crippen LogP contribution in [0.5, 0.6) is 5.75 Å². The molecule has 1 saturated carbocycles. The summed E-state index contributed by atoms with van der Waals surface area (Å²) in [6.45, 7) is 2.29. The molecule has 1 fully saturated rings. The van der Waals surface area contributed by atoms with E-state index in [9.17, 15) is 0 Å². The molecule has 3 nitrogen and oxygen atoms in total. The van der Waals surface area contributed by atoms with Gasteiger partial charge in [-0.2, -0.15) is 0 Å². The molecule has 0 heterocycles. The van der Waals surface area contributed by atoms with Crippen molar-refractivity contribution in [3.8, 4) is 5.75 Å². The highest BCUT2D eigenvalue weighted by molar-refractivity contribution is 6.30. The summed E-state index contributed by atoms with van der Waals surface area (Å²) in [7, 11) is 1.70. The Labute approximate surface area is 133 Å². The molecule has 1 atom stereocenters. The summed E-state index contributed by atoms with van der Waals surface area (Å²) < 4.78 is 5.44. The van der Waals surface area contributed by atoms with Crippen LogP contribution in [-0.2, 0) is 6.42 Å². The second-order valence-corrected chi connectivity index (χ2v) is 6.56. The molecule has 0 saturated heterocycles. The summed E-state index contributed by atoms with van der Waals surface area (Å²) in [5.74, 6) is 8.26. The third-order valence-electron chi connectivity index (χ3n) is 4.93. The zero-order chi connectivity index (χ0) is 15.2. The van der Waals surface area contributed by atoms with Crippen molar-refractivity contribution in [3.05, 3.63) is 28.8 Å². The van der Waals surface area contributed by atoms with Crippen LogP contribution in [-0.4, -0.2) is 13.2 Å². The number of methoxy groups -OCH3 is 1.